The lowest BCUT2D eigenvalue weighted by Gasteiger charge is -2.13. The highest BCUT2D eigenvalue weighted by Gasteiger charge is 2.25. The minimum atomic E-state index is -1.08. The zero-order valence-corrected chi connectivity index (χ0v) is 9.67. The van der Waals surface area contributed by atoms with Gasteiger partial charge in [-0.2, -0.15) is 0 Å². The van der Waals surface area contributed by atoms with E-state index >= 15 is 0 Å². The first-order valence-corrected chi connectivity index (χ1v) is 5.83. The number of benzene rings is 1. The predicted molar refractivity (Wildman–Crippen MR) is 60.6 cm³/mol. The molecule has 1 aromatic rings. The normalized spacial score (nSPS) is 16.6. The summed E-state index contributed by atoms with van der Waals surface area (Å²) >= 11 is 0. The number of nitrogens with one attached hydrogen (secondary N) is 1. The molecule has 92 valence electrons. The first kappa shape index (κ1) is 12.0. The molecule has 0 spiro atoms. The molecule has 1 unspecified atom stereocenters. The summed E-state index contributed by atoms with van der Waals surface area (Å²) in [7, 11) is 0. The highest BCUT2D eigenvalue weighted by molar-refractivity contribution is 5.94. The minimum Gasteiger partial charge on any atom is -0.349 e. The Kier molecular flexibility index (Phi) is 3.41. The van der Waals surface area contributed by atoms with E-state index in [1.54, 1.807) is 0 Å². The summed E-state index contributed by atoms with van der Waals surface area (Å²) < 4.78 is 26.3. The van der Waals surface area contributed by atoms with Crippen LogP contribution in [-0.4, -0.2) is 11.9 Å². The first-order valence-electron chi connectivity index (χ1n) is 5.83. The van der Waals surface area contributed by atoms with Crippen molar-refractivity contribution < 1.29 is 13.6 Å². The fourth-order valence-corrected chi connectivity index (χ4v) is 1.89. The average molecular weight is 239 g/mol. The van der Waals surface area contributed by atoms with Gasteiger partial charge in [-0.3, -0.25) is 4.79 Å². The quantitative estimate of drug-likeness (QED) is 0.860. The smallest absolute Gasteiger partial charge is 0.254 e. The molecule has 17 heavy (non-hydrogen) atoms. The van der Waals surface area contributed by atoms with Gasteiger partial charge >= 0.3 is 0 Å². The number of hydrogen-bond donors (Lipinski definition) is 1. The van der Waals surface area contributed by atoms with Crippen LogP contribution in [0.3, 0.4) is 0 Å². The van der Waals surface area contributed by atoms with Gasteiger partial charge in [0.05, 0.1) is 5.56 Å². The number of halogens is 2. The fraction of sp³-hybridized carbons (Fsp3) is 0.462. The van der Waals surface area contributed by atoms with Crippen molar-refractivity contribution in [3.63, 3.8) is 0 Å². The van der Waals surface area contributed by atoms with Gasteiger partial charge in [0.1, 0.15) is 0 Å². The van der Waals surface area contributed by atoms with E-state index in [0.717, 1.165) is 12.5 Å². The topological polar surface area (TPSA) is 29.1 Å². The number of carbonyl (C=O) groups excluding carboxylic acids is 1. The summed E-state index contributed by atoms with van der Waals surface area (Å²) in [6.45, 7) is 1.88. The molecule has 2 nitrogen and oxygen atoms in total. The maximum atomic E-state index is 13.3. The molecule has 1 aliphatic rings. The van der Waals surface area contributed by atoms with Gasteiger partial charge in [-0.1, -0.05) is 18.9 Å². The van der Waals surface area contributed by atoms with Crippen LogP contribution in [0.25, 0.3) is 0 Å². The second-order valence-electron chi connectivity index (χ2n) is 4.65. The monoisotopic (exact) mass is 239 g/mol. The predicted octanol–water partition coefficient (Wildman–Crippen LogP) is 2.88. The maximum Gasteiger partial charge on any atom is 0.254 e. The number of carbonyl (C=O) groups is 1. The zero-order chi connectivity index (χ0) is 12.4. The second kappa shape index (κ2) is 4.82. The Morgan fingerprint density at radius 2 is 2.18 bits per heavy atom. The summed E-state index contributed by atoms with van der Waals surface area (Å²) in [6.07, 6.45) is 3.31. The van der Waals surface area contributed by atoms with Crippen molar-refractivity contribution in [1.29, 1.82) is 0 Å². The van der Waals surface area contributed by atoms with Crippen LogP contribution >= 0.6 is 0 Å². The largest absolute Gasteiger partial charge is 0.349 e. The van der Waals surface area contributed by atoms with Gasteiger partial charge in [-0.05, 0) is 31.4 Å². The standard InChI is InChI=1S/C13H15F2NO/c1-8(7-9-5-6-9)16-13(17)10-3-2-4-11(14)12(10)15/h2-4,8-9H,5-7H2,1H3,(H,16,17). The Labute approximate surface area is 99.0 Å². The molecular weight excluding hydrogens is 224 g/mol. The molecule has 4 heteroatoms. The molecule has 0 heterocycles. The average Bonchev–Trinajstić information content (AvgIpc) is 3.05. The van der Waals surface area contributed by atoms with E-state index < -0.39 is 17.5 Å². The van der Waals surface area contributed by atoms with Crippen molar-refractivity contribution >= 4 is 5.91 Å². The van der Waals surface area contributed by atoms with Gasteiger partial charge in [-0.25, -0.2) is 8.78 Å². The van der Waals surface area contributed by atoms with Gasteiger partial charge in [0, 0.05) is 6.04 Å². The Morgan fingerprint density at radius 1 is 1.47 bits per heavy atom. The van der Waals surface area contributed by atoms with Crippen molar-refractivity contribution in [3.05, 3.63) is 35.4 Å². The van der Waals surface area contributed by atoms with Crippen LogP contribution in [0.4, 0.5) is 8.78 Å². The fourth-order valence-electron chi connectivity index (χ4n) is 1.89. The van der Waals surface area contributed by atoms with Crippen LogP contribution in [0.15, 0.2) is 18.2 Å². The summed E-state index contributed by atoms with van der Waals surface area (Å²) in [4.78, 5) is 11.7. The van der Waals surface area contributed by atoms with E-state index in [4.69, 9.17) is 0 Å². The molecule has 2 rings (SSSR count). The van der Waals surface area contributed by atoms with E-state index in [1.807, 2.05) is 6.92 Å². The van der Waals surface area contributed by atoms with Crippen LogP contribution in [0, 0.1) is 17.6 Å². The van der Waals surface area contributed by atoms with E-state index in [2.05, 4.69) is 5.32 Å². The van der Waals surface area contributed by atoms with Crippen molar-refractivity contribution in [2.45, 2.75) is 32.2 Å². The highest BCUT2D eigenvalue weighted by Crippen LogP contribution is 2.33. The van der Waals surface area contributed by atoms with Crippen LogP contribution in [0.5, 0.6) is 0 Å². The summed E-state index contributed by atoms with van der Waals surface area (Å²) in [5.74, 6) is -1.94. The summed E-state index contributed by atoms with van der Waals surface area (Å²) in [5.41, 5.74) is -0.229. The lowest BCUT2D eigenvalue weighted by atomic mass is 10.1. The van der Waals surface area contributed by atoms with Gasteiger partial charge in [0.25, 0.3) is 5.91 Å². The van der Waals surface area contributed by atoms with E-state index in [1.165, 1.54) is 25.0 Å². The minimum absolute atomic E-state index is 0.00216. The van der Waals surface area contributed by atoms with E-state index in [-0.39, 0.29) is 11.6 Å². The molecule has 1 N–H and O–H groups in total. The molecule has 1 fully saturated rings. The molecular formula is C13H15F2NO. The lowest BCUT2D eigenvalue weighted by Crippen LogP contribution is -2.33. The summed E-state index contributed by atoms with van der Waals surface area (Å²) in [5, 5.41) is 2.69. The molecule has 1 aliphatic carbocycles. The first-order chi connectivity index (χ1) is 8.08. The third-order valence-corrected chi connectivity index (χ3v) is 2.96. The number of rotatable bonds is 4. The van der Waals surface area contributed by atoms with Crippen molar-refractivity contribution in [1.82, 2.24) is 5.32 Å². The van der Waals surface area contributed by atoms with Crippen LogP contribution in [-0.2, 0) is 0 Å². The molecule has 0 aliphatic heterocycles. The van der Waals surface area contributed by atoms with Gasteiger partial charge in [0.2, 0.25) is 0 Å². The summed E-state index contributed by atoms with van der Waals surface area (Å²) in [6, 6.07) is 3.62. The molecule has 1 amide bonds. The lowest BCUT2D eigenvalue weighted by molar-refractivity contribution is 0.0932. The molecule has 1 saturated carbocycles. The van der Waals surface area contributed by atoms with E-state index in [9.17, 15) is 13.6 Å². The number of hydrogen-bond acceptors (Lipinski definition) is 1. The van der Waals surface area contributed by atoms with Crippen LogP contribution < -0.4 is 5.32 Å². The van der Waals surface area contributed by atoms with Gasteiger partial charge in [0.15, 0.2) is 11.6 Å². The molecule has 1 aromatic carbocycles. The molecule has 0 radical (unpaired) electrons. The zero-order valence-electron chi connectivity index (χ0n) is 9.67. The maximum absolute atomic E-state index is 13.3. The van der Waals surface area contributed by atoms with Crippen molar-refractivity contribution in [2.24, 2.45) is 5.92 Å². The molecule has 0 aromatic heterocycles. The highest BCUT2D eigenvalue weighted by atomic mass is 19.2. The van der Waals surface area contributed by atoms with Crippen LogP contribution in [0.2, 0.25) is 0 Å². The molecule has 0 bridgehead atoms. The molecule has 1 atom stereocenters. The van der Waals surface area contributed by atoms with Gasteiger partial charge in [-0.15, -0.1) is 0 Å². The Balaban J connectivity index is 2.00. The molecule has 0 saturated heterocycles. The Hall–Kier alpha value is -1.45. The van der Waals surface area contributed by atoms with E-state index in [0.29, 0.717) is 5.92 Å². The van der Waals surface area contributed by atoms with Crippen molar-refractivity contribution in [2.75, 3.05) is 0 Å². The Morgan fingerprint density at radius 3 is 2.82 bits per heavy atom. The van der Waals surface area contributed by atoms with Crippen molar-refractivity contribution in [3.8, 4) is 0 Å². The second-order valence-corrected chi connectivity index (χ2v) is 4.65. The van der Waals surface area contributed by atoms with Gasteiger partial charge < -0.3 is 5.32 Å². The Bertz CT molecular complexity index is 429. The SMILES string of the molecule is CC(CC1CC1)NC(=O)c1cccc(F)c1F. The third kappa shape index (κ3) is 3.02. The van der Waals surface area contributed by atoms with Crippen LogP contribution in [0.1, 0.15) is 36.5 Å². The number of amides is 1. The third-order valence-electron chi connectivity index (χ3n) is 2.96.